The van der Waals surface area contributed by atoms with Crippen molar-refractivity contribution in [3.8, 4) is 0 Å². The van der Waals surface area contributed by atoms with Crippen molar-refractivity contribution in [3.05, 3.63) is 17.6 Å². The van der Waals surface area contributed by atoms with Gasteiger partial charge in [0, 0.05) is 44.1 Å². The molecule has 1 aliphatic heterocycles. The van der Waals surface area contributed by atoms with Gasteiger partial charge in [-0.15, -0.1) is 0 Å². The van der Waals surface area contributed by atoms with Crippen LogP contribution in [0.5, 0.6) is 0 Å². The average molecular weight is 290 g/mol. The minimum Gasteiger partial charge on any atom is -0.370 e. The number of hydrogen-bond acceptors (Lipinski definition) is 5. The molecule has 21 heavy (non-hydrogen) atoms. The number of anilines is 1. The Balaban J connectivity index is 1.83. The molecule has 1 aliphatic rings. The summed E-state index contributed by atoms with van der Waals surface area (Å²) < 4.78 is 0. The molecule has 0 saturated carbocycles. The fourth-order valence-corrected chi connectivity index (χ4v) is 2.31. The van der Waals surface area contributed by atoms with Gasteiger partial charge in [0.1, 0.15) is 11.6 Å². The number of amides is 2. The van der Waals surface area contributed by atoms with Crippen LogP contribution in [-0.2, 0) is 22.4 Å². The standard InChI is InChI=1S/C15H22N4O2/c1-3-11-10-13(18-12(4-2)17-11)16-8-5-9-19-14(20)6-7-15(19)21/h10H,3-9H2,1-2H3,(H,16,17,18). The summed E-state index contributed by atoms with van der Waals surface area (Å²) in [5.41, 5.74) is 1.02. The lowest BCUT2D eigenvalue weighted by Crippen LogP contribution is -2.31. The molecule has 1 fully saturated rings. The second kappa shape index (κ2) is 7.15. The van der Waals surface area contributed by atoms with Gasteiger partial charge in [-0.05, 0) is 12.8 Å². The third-order valence-electron chi connectivity index (χ3n) is 3.52. The molecule has 2 amide bonds. The van der Waals surface area contributed by atoms with Crippen molar-refractivity contribution < 1.29 is 9.59 Å². The van der Waals surface area contributed by atoms with E-state index in [0.29, 0.717) is 25.9 Å². The van der Waals surface area contributed by atoms with Crippen LogP contribution in [0.3, 0.4) is 0 Å². The lowest BCUT2D eigenvalue weighted by Gasteiger charge is -2.14. The Morgan fingerprint density at radius 1 is 1.14 bits per heavy atom. The maximum Gasteiger partial charge on any atom is 0.229 e. The number of hydrogen-bond donors (Lipinski definition) is 1. The molecule has 1 N–H and O–H groups in total. The third-order valence-corrected chi connectivity index (χ3v) is 3.52. The van der Waals surface area contributed by atoms with Crippen LogP contribution >= 0.6 is 0 Å². The molecular formula is C15H22N4O2. The van der Waals surface area contributed by atoms with E-state index < -0.39 is 0 Å². The predicted molar refractivity (Wildman–Crippen MR) is 79.8 cm³/mol. The van der Waals surface area contributed by atoms with Gasteiger partial charge in [0.15, 0.2) is 0 Å². The van der Waals surface area contributed by atoms with Crippen LogP contribution in [0, 0.1) is 0 Å². The molecule has 114 valence electrons. The van der Waals surface area contributed by atoms with Crippen molar-refractivity contribution in [1.29, 1.82) is 0 Å². The molecule has 6 nitrogen and oxygen atoms in total. The molecule has 2 rings (SSSR count). The Kier molecular flexibility index (Phi) is 5.25. The number of likely N-dealkylation sites (tertiary alicyclic amines) is 1. The first kappa shape index (κ1) is 15.4. The second-order valence-electron chi connectivity index (χ2n) is 5.09. The maximum atomic E-state index is 11.5. The Labute approximate surface area is 125 Å². The summed E-state index contributed by atoms with van der Waals surface area (Å²) in [5.74, 6) is 1.55. The highest BCUT2D eigenvalue weighted by molar-refractivity contribution is 6.01. The molecule has 0 spiro atoms. The smallest absolute Gasteiger partial charge is 0.229 e. The van der Waals surface area contributed by atoms with Crippen molar-refractivity contribution in [2.24, 2.45) is 0 Å². The zero-order valence-corrected chi connectivity index (χ0v) is 12.7. The Bertz CT molecular complexity index is 492. The van der Waals surface area contributed by atoms with Gasteiger partial charge in [0.25, 0.3) is 0 Å². The molecule has 0 bridgehead atoms. The first-order valence-electron chi connectivity index (χ1n) is 7.58. The van der Waals surface area contributed by atoms with Gasteiger partial charge < -0.3 is 5.32 Å². The number of rotatable bonds is 7. The number of aryl methyl sites for hydroxylation is 2. The second-order valence-corrected chi connectivity index (χ2v) is 5.09. The zero-order chi connectivity index (χ0) is 15.2. The normalized spacial score (nSPS) is 14.9. The zero-order valence-electron chi connectivity index (χ0n) is 12.7. The topological polar surface area (TPSA) is 75.2 Å². The highest BCUT2D eigenvalue weighted by Gasteiger charge is 2.27. The van der Waals surface area contributed by atoms with Crippen molar-refractivity contribution in [2.75, 3.05) is 18.4 Å². The quantitative estimate of drug-likeness (QED) is 0.609. The van der Waals surface area contributed by atoms with E-state index in [1.807, 2.05) is 13.0 Å². The van der Waals surface area contributed by atoms with Gasteiger partial charge >= 0.3 is 0 Å². The summed E-state index contributed by atoms with van der Waals surface area (Å²) in [4.78, 5) is 33.2. The van der Waals surface area contributed by atoms with E-state index in [9.17, 15) is 9.59 Å². The minimum atomic E-state index is -0.0522. The minimum absolute atomic E-state index is 0.0522. The van der Waals surface area contributed by atoms with E-state index in [1.165, 1.54) is 4.90 Å². The summed E-state index contributed by atoms with van der Waals surface area (Å²) in [6.07, 6.45) is 3.13. The molecule has 0 radical (unpaired) electrons. The van der Waals surface area contributed by atoms with E-state index in [2.05, 4.69) is 22.2 Å². The summed E-state index contributed by atoms with van der Waals surface area (Å²) in [6.45, 7) is 5.26. The van der Waals surface area contributed by atoms with Crippen LogP contribution in [0.1, 0.15) is 44.6 Å². The van der Waals surface area contributed by atoms with Crippen LogP contribution in [0.2, 0.25) is 0 Å². The number of carbonyl (C=O) groups excluding carboxylic acids is 2. The van der Waals surface area contributed by atoms with Crippen LogP contribution in [0.25, 0.3) is 0 Å². The van der Waals surface area contributed by atoms with Gasteiger partial charge in [0.05, 0.1) is 0 Å². The molecule has 1 saturated heterocycles. The lowest BCUT2D eigenvalue weighted by molar-refractivity contribution is -0.138. The molecule has 6 heteroatoms. The van der Waals surface area contributed by atoms with Gasteiger partial charge in [-0.1, -0.05) is 13.8 Å². The summed E-state index contributed by atoms with van der Waals surface area (Å²) in [5, 5.41) is 3.25. The molecular weight excluding hydrogens is 268 g/mol. The van der Waals surface area contributed by atoms with Crippen LogP contribution < -0.4 is 5.32 Å². The number of nitrogens with zero attached hydrogens (tertiary/aromatic N) is 3. The van der Waals surface area contributed by atoms with E-state index in [1.54, 1.807) is 0 Å². The molecule has 1 aromatic heterocycles. The van der Waals surface area contributed by atoms with Crippen molar-refractivity contribution in [3.63, 3.8) is 0 Å². The highest BCUT2D eigenvalue weighted by Crippen LogP contribution is 2.12. The van der Waals surface area contributed by atoms with Gasteiger partial charge in [-0.2, -0.15) is 0 Å². The molecule has 0 aromatic carbocycles. The molecule has 0 unspecified atom stereocenters. The first-order chi connectivity index (χ1) is 10.1. The molecule has 0 aliphatic carbocycles. The summed E-state index contributed by atoms with van der Waals surface area (Å²) >= 11 is 0. The van der Waals surface area contributed by atoms with Gasteiger partial charge in [-0.3, -0.25) is 14.5 Å². The van der Waals surface area contributed by atoms with Gasteiger partial charge in [0.2, 0.25) is 11.8 Å². The van der Waals surface area contributed by atoms with Crippen LogP contribution in [0.15, 0.2) is 6.07 Å². The lowest BCUT2D eigenvalue weighted by atomic mass is 10.3. The SMILES string of the molecule is CCc1cc(NCCCN2C(=O)CCC2=O)nc(CC)n1. The van der Waals surface area contributed by atoms with Crippen molar-refractivity contribution in [2.45, 2.75) is 46.0 Å². The van der Waals surface area contributed by atoms with E-state index >= 15 is 0 Å². The van der Waals surface area contributed by atoms with Crippen molar-refractivity contribution >= 4 is 17.6 Å². The van der Waals surface area contributed by atoms with E-state index in [-0.39, 0.29) is 11.8 Å². The van der Waals surface area contributed by atoms with Crippen LogP contribution in [-0.4, -0.2) is 39.8 Å². The largest absolute Gasteiger partial charge is 0.370 e. The first-order valence-corrected chi connectivity index (χ1v) is 7.58. The Morgan fingerprint density at radius 2 is 1.86 bits per heavy atom. The highest BCUT2D eigenvalue weighted by atomic mass is 16.2. The number of aromatic nitrogens is 2. The van der Waals surface area contributed by atoms with Gasteiger partial charge in [-0.25, -0.2) is 9.97 Å². The summed E-state index contributed by atoms with van der Waals surface area (Å²) in [7, 11) is 0. The average Bonchev–Trinajstić information content (AvgIpc) is 2.82. The number of imide groups is 1. The molecule has 1 aromatic rings. The number of nitrogens with one attached hydrogen (secondary N) is 1. The maximum absolute atomic E-state index is 11.5. The molecule has 0 atom stereocenters. The van der Waals surface area contributed by atoms with E-state index in [4.69, 9.17) is 0 Å². The van der Waals surface area contributed by atoms with E-state index in [0.717, 1.165) is 36.6 Å². The third kappa shape index (κ3) is 4.00. The fourth-order valence-electron chi connectivity index (χ4n) is 2.31. The molecule has 2 heterocycles. The fraction of sp³-hybridized carbons (Fsp3) is 0.600. The number of carbonyl (C=O) groups is 2. The van der Waals surface area contributed by atoms with Crippen molar-refractivity contribution in [1.82, 2.24) is 14.9 Å². The predicted octanol–water partition coefficient (Wildman–Crippen LogP) is 1.55. The van der Waals surface area contributed by atoms with Crippen LogP contribution in [0.4, 0.5) is 5.82 Å². The monoisotopic (exact) mass is 290 g/mol. The summed E-state index contributed by atoms with van der Waals surface area (Å²) in [6, 6.07) is 1.95. The Morgan fingerprint density at radius 3 is 2.48 bits per heavy atom. The Hall–Kier alpha value is -1.98.